The van der Waals surface area contributed by atoms with E-state index in [1.807, 2.05) is 36.4 Å². The summed E-state index contributed by atoms with van der Waals surface area (Å²) in [6.45, 7) is 8.04. The molecule has 2 N–H and O–H groups in total. The second-order valence-electron chi connectivity index (χ2n) is 7.50. The van der Waals surface area contributed by atoms with Gasteiger partial charge in [0.15, 0.2) is 5.78 Å². The van der Waals surface area contributed by atoms with Crippen LogP contribution in [0.3, 0.4) is 0 Å². The Kier molecular flexibility index (Phi) is 7.42. The monoisotopic (exact) mass is 476 g/mol. The number of Topliss-reactive ketones (excluding diaryl/α,β-unsaturated/α-hetero) is 1. The second kappa shape index (κ2) is 11.0. The number of pyridine rings is 1. The molecule has 0 aliphatic rings. The number of anilines is 1. The molecule has 7 heteroatoms. The number of nitrogen functional groups attached to an aromatic ring is 1. The molecule has 0 atom stereocenters. The molecule has 1 heterocycles. The first-order valence-corrected chi connectivity index (χ1v) is 11.7. The van der Waals surface area contributed by atoms with Crippen molar-refractivity contribution < 1.29 is 9.53 Å². The van der Waals surface area contributed by atoms with Crippen LogP contribution in [0.2, 0.25) is 0 Å². The van der Waals surface area contributed by atoms with Crippen LogP contribution in [-0.2, 0) is 6.61 Å². The summed E-state index contributed by atoms with van der Waals surface area (Å²) >= 11 is 1.13. The molecule has 1 aromatic heterocycles. The Morgan fingerprint density at radius 3 is 2.31 bits per heavy atom. The van der Waals surface area contributed by atoms with Crippen molar-refractivity contribution in [1.82, 2.24) is 4.98 Å². The fraction of sp³-hybridized carbons (Fsp3) is 0.0714. The third kappa shape index (κ3) is 5.50. The van der Waals surface area contributed by atoms with Gasteiger partial charge in [-0.05, 0) is 23.3 Å². The number of thioether (sulfide) groups is 1. The van der Waals surface area contributed by atoms with Crippen LogP contribution in [0.4, 0.5) is 11.5 Å². The predicted octanol–water partition coefficient (Wildman–Crippen LogP) is 6.31. The van der Waals surface area contributed by atoms with Crippen molar-refractivity contribution in [2.45, 2.75) is 11.6 Å². The number of ketones is 1. The highest BCUT2D eigenvalue weighted by molar-refractivity contribution is 8.00. The normalized spacial score (nSPS) is 10.2. The predicted molar refractivity (Wildman–Crippen MR) is 137 cm³/mol. The zero-order chi connectivity index (χ0) is 24.6. The topological polar surface area (TPSA) is 93.4 Å². The van der Waals surface area contributed by atoms with Crippen LogP contribution in [0.5, 0.6) is 5.75 Å². The largest absolute Gasteiger partial charge is 0.489 e. The summed E-state index contributed by atoms with van der Waals surface area (Å²) in [6.07, 6.45) is 0. The van der Waals surface area contributed by atoms with Crippen LogP contribution >= 0.6 is 11.8 Å². The highest BCUT2D eigenvalue weighted by Crippen LogP contribution is 2.41. The highest BCUT2D eigenvalue weighted by Gasteiger charge is 2.21. The Hall–Kier alpha value is -4.59. The molecule has 0 unspecified atom stereocenters. The van der Waals surface area contributed by atoms with Crippen molar-refractivity contribution in [1.29, 1.82) is 5.26 Å². The lowest BCUT2D eigenvalue weighted by atomic mass is 10.00. The van der Waals surface area contributed by atoms with Crippen molar-refractivity contribution in [3.8, 4) is 22.9 Å². The first-order chi connectivity index (χ1) is 17.1. The molecule has 4 rings (SSSR count). The number of benzene rings is 3. The average molecular weight is 477 g/mol. The number of nitriles is 1. The number of ether oxygens (including phenoxy) is 1. The zero-order valence-electron chi connectivity index (χ0n) is 18.6. The minimum absolute atomic E-state index is 0.0214. The zero-order valence-corrected chi connectivity index (χ0v) is 19.5. The van der Waals surface area contributed by atoms with Gasteiger partial charge in [-0.2, -0.15) is 5.26 Å². The maximum absolute atomic E-state index is 12.6. The lowest BCUT2D eigenvalue weighted by molar-refractivity contribution is 0.102. The summed E-state index contributed by atoms with van der Waals surface area (Å²) in [5.74, 6) is 0.683. The highest BCUT2D eigenvalue weighted by atomic mass is 32.2. The third-order valence-corrected chi connectivity index (χ3v) is 6.19. The van der Waals surface area contributed by atoms with Crippen LogP contribution in [-0.4, -0.2) is 16.5 Å². The van der Waals surface area contributed by atoms with Crippen LogP contribution in [0.15, 0.2) is 90.0 Å². The Morgan fingerprint density at radius 2 is 1.69 bits per heavy atom. The van der Waals surface area contributed by atoms with E-state index >= 15 is 0 Å². The summed E-state index contributed by atoms with van der Waals surface area (Å²) in [4.78, 5) is 20.4. The van der Waals surface area contributed by atoms with Gasteiger partial charge in [0.05, 0.1) is 17.9 Å². The van der Waals surface area contributed by atoms with Crippen LogP contribution < -0.4 is 10.5 Å². The number of carbonyl (C=O) groups is 1. The molecule has 0 aliphatic heterocycles. The molecule has 170 valence electrons. The molecule has 0 amide bonds. The van der Waals surface area contributed by atoms with E-state index in [-0.39, 0.29) is 28.6 Å². The van der Waals surface area contributed by atoms with E-state index in [0.29, 0.717) is 34.1 Å². The number of hydrogen-bond donors (Lipinski definition) is 1. The molecule has 3 aromatic carbocycles. The lowest BCUT2D eigenvalue weighted by Gasteiger charge is -2.14. The third-order valence-electron chi connectivity index (χ3n) is 5.22. The molecule has 4 aromatic rings. The molecule has 0 radical (unpaired) electrons. The summed E-state index contributed by atoms with van der Waals surface area (Å²) in [7, 11) is 0. The van der Waals surface area contributed by atoms with Gasteiger partial charge >= 0.3 is 0 Å². The van der Waals surface area contributed by atoms with E-state index in [1.54, 1.807) is 48.5 Å². The molecule has 0 saturated carbocycles. The number of nitrogens with zero attached hydrogens (tertiary/aromatic N) is 3. The average Bonchev–Trinajstić information content (AvgIpc) is 2.91. The van der Waals surface area contributed by atoms with Crippen molar-refractivity contribution in [3.05, 3.63) is 113 Å². The first-order valence-electron chi connectivity index (χ1n) is 10.7. The number of rotatable bonds is 8. The van der Waals surface area contributed by atoms with Gasteiger partial charge in [0, 0.05) is 11.1 Å². The Balaban J connectivity index is 1.61. The van der Waals surface area contributed by atoms with Crippen molar-refractivity contribution in [2.75, 3.05) is 11.5 Å². The van der Waals surface area contributed by atoms with E-state index in [0.717, 1.165) is 17.3 Å². The molecular formula is C28H20N4O2S. The van der Waals surface area contributed by atoms with Gasteiger partial charge in [0.2, 0.25) is 5.69 Å². The molecule has 0 saturated heterocycles. The number of hydrogen-bond acceptors (Lipinski definition) is 6. The summed E-state index contributed by atoms with van der Waals surface area (Å²) in [5.41, 5.74) is 9.10. The van der Waals surface area contributed by atoms with Gasteiger partial charge in [-0.1, -0.05) is 84.6 Å². The number of aromatic nitrogens is 1. The van der Waals surface area contributed by atoms with Gasteiger partial charge in [0.1, 0.15) is 29.3 Å². The molecule has 0 bridgehead atoms. The molecular weight excluding hydrogens is 456 g/mol. The fourth-order valence-electron chi connectivity index (χ4n) is 3.47. The van der Waals surface area contributed by atoms with Crippen molar-refractivity contribution in [3.63, 3.8) is 0 Å². The molecule has 35 heavy (non-hydrogen) atoms. The second-order valence-corrected chi connectivity index (χ2v) is 8.46. The van der Waals surface area contributed by atoms with Crippen LogP contribution in [0, 0.1) is 17.9 Å². The summed E-state index contributed by atoms with van der Waals surface area (Å²) in [6, 6.07) is 28.0. The standard InChI is InChI=1S/C28H20N4O2S/c1-31-26-25(21-12-14-22(15-13-21)34-17-19-8-4-2-5-9-19)23(16-29)28(32-27(26)30)35-18-24(33)20-10-6-3-7-11-20/h2-15H,17-18H2,(H2,30,32). The quantitative estimate of drug-likeness (QED) is 0.182. The van der Waals surface area contributed by atoms with Gasteiger partial charge in [-0.15, -0.1) is 0 Å². The SMILES string of the molecule is [C-]#[N+]c1c(N)nc(SCC(=O)c2ccccc2)c(C#N)c1-c1ccc(OCc2ccccc2)cc1. The van der Waals surface area contributed by atoms with Gasteiger partial charge < -0.3 is 10.5 Å². The maximum atomic E-state index is 12.6. The minimum atomic E-state index is -0.0874. The lowest BCUT2D eigenvalue weighted by Crippen LogP contribution is -2.04. The Bertz CT molecular complexity index is 1420. The van der Waals surface area contributed by atoms with Crippen molar-refractivity contribution in [2.24, 2.45) is 0 Å². The van der Waals surface area contributed by atoms with Crippen molar-refractivity contribution >= 4 is 29.1 Å². The Labute approximate surface area is 207 Å². The van der Waals surface area contributed by atoms with E-state index < -0.39 is 0 Å². The summed E-state index contributed by atoms with van der Waals surface area (Å²) < 4.78 is 5.85. The van der Waals surface area contributed by atoms with E-state index in [9.17, 15) is 10.1 Å². The fourth-order valence-corrected chi connectivity index (χ4v) is 4.36. The molecule has 0 aliphatic carbocycles. The van der Waals surface area contributed by atoms with Gasteiger partial charge in [0.25, 0.3) is 0 Å². The number of nitrogens with two attached hydrogens (primary N) is 1. The number of carbonyl (C=O) groups excluding carboxylic acids is 1. The van der Waals surface area contributed by atoms with E-state index in [4.69, 9.17) is 17.0 Å². The molecule has 0 spiro atoms. The maximum Gasteiger partial charge on any atom is 0.236 e. The Morgan fingerprint density at radius 1 is 1.03 bits per heavy atom. The summed E-state index contributed by atoms with van der Waals surface area (Å²) in [5, 5.41) is 10.3. The van der Waals surface area contributed by atoms with Crippen LogP contribution in [0.25, 0.3) is 16.0 Å². The minimum Gasteiger partial charge on any atom is -0.489 e. The molecule has 0 fully saturated rings. The van der Waals surface area contributed by atoms with Gasteiger partial charge in [-0.25, -0.2) is 9.83 Å². The first kappa shape index (κ1) is 23.6. The molecule has 6 nitrogen and oxygen atoms in total. The van der Waals surface area contributed by atoms with E-state index in [1.165, 1.54) is 0 Å². The van der Waals surface area contributed by atoms with E-state index in [2.05, 4.69) is 15.9 Å². The van der Waals surface area contributed by atoms with Gasteiger partial charge in [-0.3, -0.25) is 4.79 Å². The smallest absolute Gasteiger partial charge is 0.236 e. The van der Waals surface area contributed by atoms with Crippen LogP contribution in [0.1, 0.15) is 21.5 Å².